The van der Waals surface area contributed by atoms with Gasteiger partial charge in [0.1, 0.15) is 5.78 Å². The first-order chi connectivity index (χ1) is 16.2. The first-order valence-corrected chi connectivity index (χ1v) is 13.1. The van der Waals surface area contributed by atoms with Gasteiger partial charge in [-0.1, -0.05) is 45.4 Å². The van der Waals surface area contributed by atoms with Crippen LogP contribution >= 0.6 is 0 Å². The summed E-state index contributed by atoms with van der Waals surface area (Å²) >= 11 is 0. The summed E-state index contributed by atoms with van der Waals surface area (Å²) in [5.74, 6) is -0.458. The van der Waals surface area contributed by atoms with Crippen LogP contribution in [0.4, 0.5) is 0 Å². The summed E-state index contributed by atoms with van der Waals surface area (Å²) in [6.45, 7) is 13.9. The minimum atomic E-state index is -0.992. The third-order valence-electron chi connectivity index (χ3n) is 10.5. The van der Waals surface area contributed by atoms with Crippen molar-refractivity contribution in [2.75, 3.05) is 0 Å². The minimum absolute atomic E-state index is 0.0475. The van der Waals surface area contributed by atoms with E-state index in [2.05, 4.69) is 27.7 Å². The summed E-state index contributed by atoms with van der Waals surface area (Å²) < 4.78 is 0. The summed E-state index contributed by atoms with van der Waals surface area (Å²) in [7, 11) is 0. The van der Waals surface area contributed by atoms with Crippen LogP contribution in [0.1, 0.15) is 87.0 Å². The van der Waals surface area contributed by atoms with E-state index in [-0.39, 0.29) is 57.1 Å². The van der Waals surface area contributed by atoms with E-state index in [1.807, 2.05) is 13.0 Å². The molecule has 0 aromatic rings. The van der Waals surface area contributed by atoms with Gasteiger partial charge in [0, 0.05) is 35.3 Å². The number of carboxylic acid groups (broad SMARTS) is 1. The molecule has 1 N–H and O–H groups in total. The van der Waals surface area contributed by atoms with Gasteiger partial charge in [-0.05, 0) is 80.6 Å². The molecule has 3 saturated carbocycles. The molecular formula is C30H40O5. The van der Waals surface area contributed by atoms with Gasteiger partial charge in [0.25, 0.3) is 0 Å². The lowest BCUT2D eigenvalue weighted by atomic mass is 9.43. The smallest absolute Gasteiger partial charge is 0.330 e. The normalized spacial score (nSPS) is 40.2. The lowest BCUT2D eigenvalue weighted by molar-refractivity contribution is -0.154. The average molecular weight is 481 g/mol. The van der Waals surface area contributed by atoms with E-state index in [4.69, 9.17) is 0 Å². The third kappa shape index (κ3) is 3.72. The van der Waals surface area contributed by atoms with E-state index in [1.54, 1.807) is 13.0 Å². The maximum atomic E-state index is 13.7. The molecule has 0 aromatic heterocycles. The predicted octanol–water partition coefficient (Wildman–Crippen LogP) is 5.89. The molecule has 0 spiro atoms. The number of ketones is 3. The fourth-order valence-corrected chi connectivity index (χ4v) is 8.70. The second-order valence-corrected chi connectivity index (χ2v) is 12.6. The van der Waals surface area contributed by atoms with Crippen LogP contribution < -0.4 is 0 Å². The molecule has 4 aliphatic rings. The monoisotopic (exact) mass is 480 g/mol. The number of hydrogen-bond acceptors (Lipinski definition) is 4. The highest BCUT2D eigenvalue weighted by Gasteiger charge is 2.64. The Morgan fingerprint density at radius 3 is 2.29 bits per heavy atom. The van der Waals surface area contributed by atoms with Crippen molar-refractivity contribution < 1.29 is 24.3 Å². The maximum Gasteiger partial charge on any atom is 0.330 e. The Kier molecular flexibility index (Phi) is 6.18. The fourth-order valence-electron chi connectivity index (χ4n) is 8.70. The van der Waals surface area contributed by atoms with Gasteiger partial charge in [-0.15, -0.1) is 0 Å². The molecule has 0 amide bonds. The van der Waals surface area contributed by atoms with Crippen LogP contribution in [0.15, 0.2) is 34.4 Å². The summed E-state index contributed by atoms with van der Waals surface area (Å²) in [6, 6.07) is 0. The van der Waals surface area contributed by atoms with Gasteiger partial charge >= 0.3 is 5.97 Å². The summed E-state index contributed by atoms with van der Waals surface area (Å²) in [4.78, 5) is 50.5. The first-order valence-electron chi connectivity index (χ1n) is 13.1. The van der Waals surface area contributed by atoms with Crippen molar-refractivity contribution in [1.82, 2.24) is 0 Å². The Morgan fingerprint density at radius 2 is 1.69 bits per heavy atom. The maximum absolute atomic E-state index is 13.7. The molecule has 3 fully saturated rings. The van der Waals surface area contributed by atoms with E-state index >= 15 is 0 Å². The van der Waals surface area contributed by atoms with Crippen molar-refractivity contribution in [3.8, 4) is 0 Å². The van der Waals surface area contributed by atoms with Crippen LogP contribution in [-0.2, 0) is 19.2 Å². The van der Waals surface area contributed by atoms with Gasteiger partial charge in [-0.3, -0.25) is 14.4 Å². The van der Waals surface area contributed by atoms with E-state index in [0.29, 0.717) is 30.6 Å². The van der Waals surface area contributed by atoms with Crippen LogP contribution in [0.5, 0.6) is 0 Å². The number of carbonyl (C=O) groups is 4. The van der Waals surface area contributed by atoms with Gasteiger partial charge in [0.05, 0.1) is 0 Å². The molecule has 0 saturated heterocycles. The Labute approximate surface area is 209 Å². The van der Waals surface area contributed by atoms with Crippen molar-refractivity contribution >= 4 is 23.3 Å². The molecule has 0 aliphatic heterocycles. The van der Waals surface area contributed by atoms with Crippen molar-refractivity contribution in [2.45, 2.75) is 87.0 Å². The summed E-state index contributed by atoms with van der Waals surface area (Å²) in [6.07, 6.45) is 7.99. The zero-order valence-electron chi connectivity index (χ0n) is 22.3. The SMILES string of the molecule is CC(=O)C1=CC[C@H](/C(C)=C2/C(=O)C[C@H]3[C@@]4(C)CCC(=O)C(C)(C)[C@@H]4CC[C@]23C)[C@@H]1/C=C(\C)C(=O)O. The van der Waals surface area contributed by atoms with Gasteiger partial charge in [0.15, 0.2) is 11.6 Å². The lowest BCUT2D eigenvalue weighted by Crippen LogP contribution is -2.56. The van der Waals surface area contributed by atoms with Gasteiger partial charge in [-0.2, -0.15) is 0 Å². The zero-order chi connectivity index (χ0) is 26.1. The van der Waals surface area contributed by atoms with Crippen molar-refractivity contribution in [2.24, 2.45) is 39.9 Å². The predicted molar refractivity (Wildman–Crippen MR) is 135 cm³/mol. The molecule has 6 atom stereocenters. The van der Waals surface area contributed by atoms with Crippen LogP contribution in [0.25, 0.3) is 0 Å². The van der Waals surface area contributed by atoms with Gasteiger partial charge < -0.3 is 5.11 Å². The van der Waals surface area contributed by atoms with Gasteiger partial charge in [0.2, 0.25) is 0 Å². The number of fused-ring (bicyclic) bond motifs is 3. The summed E-state index contributed by atoms with van der Waals surface area (Å²) in [5.41, 5.74) is 2.08. The third-order valence-corrected chi connectivity index (χ3v) is 10.5. The van der Waals surface area contributed by atoms with Crippen LogP contribution in [-0.4, -0.2) is 28.4 Å². The molecule has 0 aromatic carbocycles. The zero-order valence-corrected chi connectivity index (χ0v) is 22.3. The van der Waals surface area contributed by atoms with Crippen LogP contribution in [0.3, 0.4) is 0 Å². The number of aliphatic carboxylic acids is 1. The Bertz CT molecular complexity index is 1100. The van der Waals surface area contributed by atoms with Gasteiger partial charge in [-0.25, -0.2) is 4.79 Å². The van der Waals surface area contributed by atoms with E-state index in [1.165, 1.54) is 6.92 Å². The van der Waals surface area contributed by atoms with Crippen LogP contribution in [0, 0.1) is 39.9 Å². The molecule has 190 valence electrons. The number of carbonyl (C=O) groups excluding carboxylic acids is 3. The fraction of sp³-hybridized carbons (Fsp3) is 0.667. The molecule has 4 aliphatic carbocycles. The number of rotatable bonds is 4. The molecule has 0 unspecified atom stereocenters. The molecule has 0 bridgehead atoms. The van der Waals surface area contributed by atoms with E-state index in [0.717, 1.165) is 30.4 Å². The molecular weight excluding hydrogens is 440 g/mol. The standard InChI is InChI=1S/C30H40O5/c1-16(27(34)35)14-21-19(8-9-20(21)18(3)31)17(2)26-22(32)15-24-29(6)13-11-25(33)28(4,5)23(29)10-12-30(24,26)7/h9,14,19,21,23-24H,8,10-13,15H2,1-7H3,(H,34,35)/b16-14+,26-17-/t19-,21+,23+,24+,29+,30+/m1/s1. The quantitative estimate of drug-likeness (QED) is 0.507. The Balaban J connectivity index is 1.77. The highest BCUT2D eigenvalue weighted by atomic mass is 16.4. The number of carboxylic acids is 1. The second-order valence-electron chi connectivity index (χ2n) is 12.6. The van der Waals surface area contributed by atoms with Crippen molar-refractivity contribution in [3.63, 3.8) is 0 Å². The average Bonchev–Trinajstić information content (AvgIpc) is 3.29. The highest BCUT2D eigenvalue weighted by Crippen LogP contribution is 2.69. The van der Waals surface area contributed by atoms with Crippen LogP contribution in [0.2, 0.25) is 0 Å². The van der Waals surface area contributed by atoms with E-state index in [9.17, 15) is 24.3 Å². The second kappa shape index (κ2) is 8.38. The molecule has 5 heteroatoms. The molecule has 5 nitrogen and oxygen atoms in total. The Hall–Kier alpha value is -2.30. The van der Waals surface area contributed by atoms with Crippen molar-refractivity contribution in [3.05, 3.63) is 34.4 Å². The van der Waals surface area contributed by atoms with Crippen molar-refractivity contribution in [1.29, 1.82) is 0 Å². The topological polar surface area (TPSA) is 88.5 Å². The largest absolute Gasteiger partial charge is 0.478 e. The number of hydrogen-bond donors (Lipinski definition) is 1. The van der Waals surface area contributed by atoms with E-state index < -0.39 is 5.97 Å². The molecule has 4 rings (SSSR count). The lowest BCUT2D eigenvalue weighted by Gasteiger charge is -2.60. The molecule has 0 heterocycles. The summed E-state index contributed by atoms with van der Waals surface area (Å²) in [5, 5.41) is 9.48. The molecule has 0 radical (unpaired) electrons. The Morgan fingerprint density at radius 1 is 1.03 bits per heavy atom. The number of allylic oxidation sites excluding steroid dienone is 5. The molecule has 35 heavy (non-hydrogen) atoms. The minimum Gasteiger partial charge on any atom is -0.478 e. The highest BCUT2D eigenvalue weighted by molar-refractivity contribution is 6.01. The first kappa shape index (κ1) is 25.8. The number of Topliss-reactive ketones (excluding diaryl/α,β-unsaturated/α-hetero) is 3.